The first-order chi connectivity index (χ1) is 13.9. The number of nitrogens with zero attached hydrogens (tertiary/aromatic N) is 3. The fourth-order valence-electron chi connectivity index (χ4n) is 3.85. The highest BCUT2D eigenvalue weighted by atomic mass is 32.1. The maximum Gasteiger partial charge on any atom is 0.272 e. The van der Waals surface area contributed by atoms with Crippen LogP contribution in [0.1, 0.15) is 16.7 Å². The molecule has 0 fully saturated rings. The lowest BCUT2D eigenvalue weighted by atomic mass is 10.0. The molecule has 3 aromatic rings. The quantitative estimate of drug-likeness (QED) is 0.669. The van der Waals surface area contributed by atoms with Gasteiger partial charge in [-0.3, -0.25) is 14.2 Å². The number of aromatic nitrogens is 1. The van der Waals surface area contributed by atoms with Crippen LogP contribution in [0.25, 0.3) is 5.57 Å². The first-order valence-corrected chi connectivity index (χ1v) is 9.96. The number of rotatable bonds is 1. The number of hydrogen-bond donors (Lipinski definition) is 1. The van der Waals surface area contributed by atoms with E-state index < -0.39 is 0 Å². The molecule has 146 valence electrons. The molecule has 0 unspecified atom stereocenters. The molecule has 0 bridgehead atoms. The zero-order valence-corrected chi connectivity index (χ0v) is 16.6. The Hall–Kier alpha value is -3.26. The summed E-state index contributed by atoms with van der Waals surface area (Å²) < 4.78 is 15.5. The molecular weight excluding hydrogens is 391 g/mol. The third-order valence-electron chi connectivity index (χ3n) is 5.17. The number of nitrogens with one attached hydrogen (secondary N) is 1. The average molecular weight is 408 g/mol. The number of hydrogen-bond acceptors (Lipinski definition) is 5. The highest BCUT2D eigenvalue weighted by Gasteiger charge is 2.29. The van der Waals surface area contributed by atoms with E-state index in [9.17, 15) is 14.0 Å². The molecule has 0 saturated heterocycles. The van der Waals surface area contributed by atoms with E-state index in [-0.39, 0.29) is 24.0 Å². The van der Waals surface area contributed by atoms with E-state index in [4.69, 9.17) is 0 Å². The van der Waals surface area contributed by atoms with E-state index >= 15 is 0 Å². The van der Waals surface area contributed by atoms with Crippen molar-refractivity contribution < 1.29 is 9.18 Å². The maximum absolute atomic E-state index is 13.6. The molecule has 2 aliphatic rings. The van der Waals surface area contributed by atoms with Crippen LogP contribution < -0.4 is 25.1 Å². The van der Waals surface area contributed by atoms with Gasteiger partial charge in [0.15, 0.2) is 4.80 Å². The van der Waals surface area contributed by atoms with Gasteiger partial charge >= 0.3 is 0 Å². The van der Waals surface area contributed by atoms with Crippen molar-refractivity contribution in [1.29, 1.82) is 0 Å². The van der Waals surface area contributed by atoms with Gasteiger partial charge in [-0.15, -0.1) is 0 Å². The van der Waals surface area contributed by atoms with Crippen molar-refractivity contribution in [3.63, 3.8) is 0 Å². The summed E-state index contributed by atoms with van der Waals surface area (Å²) in [5.74, 6) is -0.612. The van der Waals surface area contributed by atoms with Crippen molar-refractivity contribution in [2.45, 2.75) is 20.5 Å². The summed E-state index contributed by atoms with van der Waals surface area (Å²) in [5.41, 5.74) is 4.30. The van der Waals surface area contributed by atoms with Crippen LogP contribution in [0, 0.1) is 19.7 Å². The molecule has 0 aliphatic carbocycles. The summed E-state index contributed by atoms with van der Waals surface area (Å²) in [4.78, 5) is 32.8. The zero-order chi connectivity index (χ0) is 20.3. The van der Waals surface area contributed by atoms with Gasteiger partial charge in [0.25, 0.3) is 11.5 Å². The highest BCUT2D eigenvalue weighted by Crippen LogP contribution is 2.33. The fourth-order valence-corrected chi connectivity index (χ4v) is 4.91. The molecular formula is C21H17FN4O2S. The molecule has 5 rings (SSSR count). The molecule has 29 heavy (non-hydrogen) atoms. The predicted octanol–water partition coefficient (Wildman–Crippen LogP) is 1.87. The number of anilines is 2. The first-order valence-electron chi connectivity index (χ1n) is 9.14. The molecule has 0 atom stereocenters. The predicted molar refractivity (Wildman–Crippen MR) is 110 cm³/mol. The van der Waals surface area contributed by atoms with Crippen molar-refractivity contribution in [2.24, 2.45) is 4.99 Å². The van der Waals surface area contributed by atoms with E-state index in [1.807, 2.05) is 30.9 Å². The highest BCUT2D eigenvalue weighted by molar-refractivity contribution is 7.07. The van der Waals surface area contributed by atoms with Crippen LogP contribution in [0.5, 0.6) is 0 Å². The summed E-state index contributed by atoms with van der Waals surface area (Å²) in [6, 6.07) is 10.1. The van der Waals surface area contributed by atoms with E-state index in [1.54, 1.807) is 12.1 Å². The van der Waals surface area contributed by atoms with Gasteiger partial charge < -0.3 is 10.2 Å². The monoisotopic (exact) mass is 408 g/mol. The Bertz CT molecular complexity index is 1370. The summed E-state index contributed by atoms with van der Waals surface area (Å²) >= 11 is 1.22. The molecule has 1 N–H and O–H groups in total. The van der Waals surface area contributed by atoms with Gasteiger partial charge in [0.05, 0.1) is 11.3 Å². The summed E-state index contributed by atoms with van der Waals surface area (Å²) in [5, 5.41) is 2.89. The Balaban J connectivity index is 1.67. The van der Waals surface area contributed by atoms with Crippen LogP contribution >= 0.6 is 11.3 Å². The Kier molecular flexibility index (Phi) is 3.92. The van der Waals surface area contributed by atoms with Crippen molar-refractivity contribution in [1.82, 2.24) is 4.57 Å². The standard InChI is InChI=1S/C21H17FN4O2S/c1-11-6-12(2)17-15(7-11)16(19(27)24-17)18-20(28)26-10-25(9-23-21(26)29-18)14-5-3-4-13(22)8-14/h3-8H,9-10H2,1-2H3,(H,24,27)/b18-16-. The van der Waals surface area contributed by atoms with Gasteiger partial charge in [0.2, 0.25) is 0 Å². The molecule has 1 amide bonds. The molecule has 3 heterocycles. The van der Waals surface area contributed by atoms with Crippen molar-refractivity contribution in [3.8, 4) is 0 Å². The molecule has 2 aliphatic heterocycles. The van der Waals surface area contributed by atoms with E-state index in [0.717, 1.165) is 22.4 Å². The van der Waals surface area contributed by atoms with Gasteiger partial charge in [-0.05, 0) is 43.7 Å². The van der Waals surface area contributed by atoms with Crippen molar-refractivity contribution in [2.75, 3.05) is 16.9 Å². The zero-order valence-electron chi connectivity index (χ0n) is 15.8. The minimum atomic E-state index is -0.341. The van der Waals surface area contributed by atoms with Crippen molar-refractivity contribution in [3.05, 3.63) is 78.6 Å². The largest absolute Gasteiger partial charge is 0.333 e. The minimum absolute atomic E-state index is 0.256. The van der Waals surface area contributed by atoms with Crippen LogP contribution in [0.2, 0.25) is 0 Å². The van der Waals surface area contributed by atoms with Gasteiger partial charge in [0, 0.05) is 11.3 Å². The van der Waals surface area contributed by atoms with E-state index in [2.05, 4.69) is 10.3 Å². The number of fused-ring (bicyclic) bond motifs is 2. The summed E-state index contributed by atoms with van der Waals surface area (Å²) in [6.45, 7) is 4.48. The Morgan fingerprint density at radius 2 is 2.00 bits per heavy atom. The third kappa shape index (κ3) is 2.79. The normalized spacial score (nSPS) is 16.9. The molecule has 0 radical (unpaired) electrons. The molecule has 1 aromatic heterocycles. The third-order valence-corrected chi connectivity index (χ3v) is 6.28. The lowest BCUT2D eigenvalue weighted by Gasteiger charge is -2.25. The van der Waals surface area contributed by atoms with Crippen LogP contribution in [-0.4, -0.2) is 17.1 Å². The molecule has 0 saturated carbocycles. The number of aryl methyl sites for hydroxylation is 2. The van der Waals surface area contributed by atoms with Gasteiger partial charge in [-0.25, -0.2) is 9.38 Å². The first kappa shape index (κ1) is 17.8. The molecule has 8 heteroatoms. The second kappa shape index (κ2) is 6.38. The minimum Gasteiger partial charge on any atom is -0.333 e. The maximum atomic E-state index is 13.6. The number of benzene rings is 2. The van der Waals surface area contributed by atoms with Gasteiger partial charge in [-0.2, -0.15) is 0 Å². The van der Waals surface area contributed by atoms with Crippen LogP contribution in [0.15, 0.2) is 46.2 Å². The Morgan fingerprint density at radius 3 is 2.79 bits per heavy atom. The number of thiazole rings is 1. The number of amides is 1. The van der Waals surface area contributed by atoms with E-state index in [1.165, 1.54) is 28.0 Å². The Morgan fingerprint density at radius 1 is 1.17 bits per heavy atom. The SMILES string of the molecule is Cc1cc(C)c2c(c1)/C(=c1/sc3n(c1=O)CN(c1cccc(F)c1)CN=3)C(=O)N2. The van der Waals surface area contributed by atoms with E-state index in [0.29, 0.717) is 27.3 Å². The second-order valence-electron chi connectivity index (χ2n) is 7.24. The Labute approximate surface area is 169 Å². The fraction of sp³-hybridized carbons (Fsp3) is 0.190. The summed E-state index contributed by atoms with van der Waals surface area (Å²) in [7, 11) is 0. The number of carbonyl (C=O) groups excluding carboxylic acids is 1. The molecule has 6 nitrogen and oxygen atoms in total. The summed E-state index contributed by atoms with van der Waals surface area (Å²) in [6.07, 6.45) is 0. The molecule has 2 aromatic carbocycles. The van der Waals surface area contributed by atoms with Crippen LogP contribution in [-0.2, 0) is 11.5 Å². The topological polar surface area (TPSA) is 66.7 Å². The van der Waals surface area contributed by atoms with Crippen LogP contribution in [0.3, 0.4) is 0 Å². The van der Waals surface area contributed by atoms with Gasteiger partial charge in [-0.1, -0.05) is 29.0 Å². The number of carbonyl (C=O) groups is 1. The second-order valence-corrected chi connectivity index (χ2v) is 8.22. The van der Waals surface area contributed by atoms with Crippen molar-refractivity contribution >= 4 is 34.2 Å². The smallest absolute Gasteiger partial charge is 0.272 e. The lowest BCUT2D eigenvalue weighted by molar-refractivity contribution is -0.110. The average Bonchev–Trinajstić information content (AvgIpc) is 3.18. The van der Waals surface area contributed by atoms with Crippen LogP contribution in [0.4, 0.5) is 15.8 Å². The van der Waals surface area contributed by atoms with Gasteiger partial charge in [0.1, 0.15) is 23.7 Å². The number of halogens is 1. The lowest BCUT2D eigenvalue weighted by Crippen LogP contribution is -2.43. The molecule has 0 spiro atoms.